The lowest BCUT2D eigenvalue weighted by molar-refractivity contribution is 0.434. The lowest BCUT2D eigenvalue weighted by Gasteiger charge is -2.20. The van der Waals surface area contributed by atoms with E-state index in [4.69, 9.17) is 5.73 Å². The summed E-state index contributed by atoms with van der Waals surface area (Å²) < 4.78 is 0. The molecule has 4 heteroatoms. The van der Waals surface area contributed by atoms with E-state index in [1.165, 1.54) is 32.1 Å². The average Bonchev–Trinajstić information content (AvgIpc) is 2.46. The Kier molecular flexibility index (Phi) is 4.93. The van der Waals surface area contributed by atoms with Crippen molar-refractivity contribution in [2.45, 2.75) is 44.9 Å². The first-order chi connectivity index (χ1) is 8.79. The Morgan fingerprint density at radius 2 is 2.06 bits per heavy atom. The molecule has 0 saturated heterocycles. The van der Waals surface area contributed by atoms with E-state index >= 15 is 0 Å². The molecule has 0 radical (unpaired) electrons. The second-order valence-electron chi connectivity index (χ2n) is 5.40. The van der Waals surface area contributed by atoms with Crippen molar-refractivity contribution in [3.8, 4) is 0 Å². The van der Waals surface area contributed by atoms with Crippen LogP contribution < -0.4 is 11.1 Å². The van der Waals surface area contributed by atoms with E-state index in [-0.39, 0.29) is 0 Å². The number of aromatic nitrogens is 2. The molecule has 100 valence electrons. The van der Waals surface area contributed by atoms with Crippen molar-refractivity contribution >= 4 is 5.82 Å². The van der Waals surface area contributed by atoms with Crippen molar-refractivity contribution in [1.29, 1.82) is 0 Å². The Morgan fingerprint density at radius 1 is 1.28 bits per heavy atom. The zero-order chi connectivity index (χ0) is 12.8. The number of nitrogens with two attached hydrogens (primary N) is 1. The summed E-state index contributed by atoms with van der Waals surface area (Å²) in [5.74, 6) is 1.95. The third kappa shape index (κ3) is 3.67. The van der Waals surface area contributed by atoms with Crippen LogP contribution in [0.25, 0.3) is 0 Å². The predicted octanol–water partition coefficient (Wildman–Crippen LogP) is 2.53. The normalized spacial score (nSPS) is 18.6. The molecule has 0 bridgehead atoms. The Bertz CT molecular complexity index is 343. The van der Waals surface area contributed by atoms with Gasteiger partial charge < -0.3 is 11.1 Å². The summed E-state index contributed by atoms with van der Waals surface area (Å²) in [6.07, 6.45) is 6.58. The smallest absolute Gasteiger partial charge is 0.148 e. The van der Waals surface area contributed by atoms with Gasteiger partial charge in [0, 0.05) is 12.5 Å². The predicted molar refractivity (Wildman–Crippen MR) is 74.6 cm³/mol. The van der Waals surface area contributed by atoms with E-state index in [1.54, 1.807) is 0 Å². The monoisotopic (exact) mass is 248 g/mol. The molecule has 1 fully saturated rings. The molecule has 0 amide bonds. The first-order valence-corrected chi connectivity index (χ1v) is 7.07. The molecular weight excluding hydrogens is 224 g/mol. The van der Waals surface area contributed by atoms with Gasteiger partial charge in [0.2, 0.25) is 0 Å². The summed E-state index contributed by atoms with van der Waals surface area (Å²) in [4.78, 5) is 0. The van der Waals surface area contributed by atoms with Crippen LogP contribution in [-0.2, 0) is 0 Å². The molecule has 1 aliphatic carbocycles. The first-order valence-electron chi connectivity index (χ1n) is 7.07. The quantitative estimate of drug-likeness (QED) is 0.840. The molecule has 1 aromatic heterocycles. The number of hydrogen-bond acceptors (Lipinski definition) is 4. The zero-order valence-electron chi connectivity index (χ0n) is 11.2. The van der Waals surface area contributed by atoms with Gasteiger partial charge in [-0.15, -0.1) is 5.10 Å². The van der Waals surface area contributed by atoms with Crippen LogP contribution in [0.3, 0.4) is 0 Å². The number of anilines is 1. The lowest BCUT2D eigenvalue weighted by Crippen LogP contribution is -2.20. The third-order valence-electron chi connectivity index (χ3n) is 3.74. The first kappa shape index (κ1) is 13.3. The molecule has 1 unspecified atom stereocenters. The second-order valence-corrected chi connectivity index (χ2v) is 5.40. The summed E-state index contributed by atoms with van der Waals surface area (Å²) in [6.45, 7) is 3.67. The Morgan fingerprint density at radius 3 is 2.67 bits per heavy atom. The fourth-order valence-corrected chi connectivity index (χ4v) is 2.42. The third-order valence-corrected chi connectivity index (χ3v) is 3.74. The van der Waals surface area contributed by atoms with Crippen molar-refractivity contribution in [3.05, 3.63) is 17.8 Å². The summed E-state index contributed by atoms with van der Waals surface area (Å²) in [5.41, 5.74) is 6.74. The van der Waals surface area contributed by atoms with Gasteiger partial charge in [-0.2, -0.15) is 5.10 Å². The number of rotatable bonds is 5. The van der Waals surface area contributed by atoms with Crippen LogP contribution >= 0.6 is 0 Å². The molecule has 1 aliphatic rings. The number of nitrogens with zero attached hydrogens (tertiary/aromatic N) is 2. The summed E-state index contributed by atoms with van der Waals surface area (Å²) in [5, 5.41) is 11.9. The van der Waals surface area contributed by atoms with Crippen molar-refractivity contribution in [2.75, 3.05) is 18.4 Å². The van der Waals surface area contributed by atoms with Gasteiger partial charge in [-0.05, 0) is 37.4 Å². The van der Waals surface area contributed by atoms with Gasteiger partial charge in [-0.25, -0.2) is 0 Å². The van der Waals surface area contributed by atoms with Crippen LogP contribution in [0, 0.1) is 5.92 Å². The maximum Gasteiger partial charge on any atom is 0.148 e. The minimum absolute atomic E-state index is 0.463. The summed E-state index contributed by atoms with van der Waals surface area (Å²) >= 11 is 0. The molecule has 1 saturated carbocycles. The Labute approximate surface area is 109 Å². The highest BCUT2D eigenvalue weighted by molar-refractivity contribution is 5.33. The highest BCUT2D eigenvalue weighted by Gasteiger charge is 2.16. The van der Waals surface area contributed by atoms with E-state index in [2.05, 4.69) is 28.5 Å². The summed E-state index contributed by atoms with van der Waals surface area (Å²) in [6, 6.07) is 4.17. The van der Waals surface area contributed by atoms with Gasteiger partial charge in [-0.1, -0.05) is 26.2 Å². The van der Waals surface area contributed by atoms with Crippen LogP contribution in [0.5, 0.6) is 0 Å². The van der Waals surface area contributed by atoms with Gasteiger partial charge in [0.05, 0.1) is 5.69 Å². The fourth-order valence-electron chi connectivity index (χ4n) is 2.42. The van der Waals surface area contributed by atoms with Crippen molar-refractivity contribution in [3.63, 3.8) is 0 Å². The van der Waals surface area contributed by atoms with Crippen molar-refractivity contribution in [1.82, 2.24) is 10.2 Å². The molecule has 1 atom stereocenters. The number of nitrogens with one attached hydrogen (secondary N) is 1. The molecule has 18 heavy (non-hydrogen) atoms. The SMILES string of the molecule is CC(CN)CNc1ccc(C2CCCCC2)nn1. The minimum Gasteiger partial charge on any atom is -0.368 e. The van der Waals surface area contributed by atoms with Crippen molar-refractivity contribution in [2.24, 2.45) is 11.7 Å². The summed E-state index contributed by atoms with van der Waals surface area (Å²) in [7, 11) is 0. The van der Waals surface area contributed by atoms with Gasteiger partial charge in [0.1, 0.15) is 5.82 Å². The van der Waals surface area contributed by atoms with E-state index in [0.717, 1.165) is 18.1 Å². The minimum atomic E-state index is 0.463. The van der Waals surface area contributed by atoms with Crippen molar-refractivity contribution < 1.29 is 0 Å². The van der Waals surface area contributed by atoms with Crippen LogP contribution in [0.1, 0.15) is 50.6 Å². The van der Waals surface area contributed by atoms with Gasteiger partial charge in [0.25, 0.3) is 0 Å². The van der Waals surface area contributed by atoms with Crippen LogP contribution in [-0.4, -0.2) is 23.3 Å². The van der Waals surface area contributed by atoms with Gasteiger partial charge >= 0.3 is 0 Å². The van der Waals surface area contributed by atoms with Crippen LogP contribution in [0.4, 0.5) is 5.82 Å². The molecule has 1 heterocycles. The molecule has 0 aliphatic heterocycles. The molecule has 4 nitrogen and oxygen atoms in total. The second kappa shape index (κ2) is 6.69. The van der Waals surface area contributed by atoms with E-state index in [0.29, 0.717) is 18.4 Å². The maximum absolute atomic E-state index is 5.58. The van der Waals surface area contributed by atoms with E-state index < -0.39 is 0 Å². The van der Waals surface area contributed by atoms with E-state index in [9.17, 15) is 0 Å². The molecule has 0 aromatic carbocycles. The van der Waals surface area contributed by atoms with Gasteiger partial charge in [0.15, 0.2) is 0 Å². The Balaban J connectivity index is 1.88. The van der Waals surface area contributed by atoms with Crippen LogP contribution in [0.2, 0.25) is 0 Å². The fraction of sp³-hybridized carbons (Fsp3) is 0.714. The maximum atomic E-state index is 5.58. The van der Waals surface area contributed by atoms with Gasteiger partial charge in [-0.3, -0.25) is 0 Å². The molecule has 2 rings (SSSR count). The number of hydrogen-bond donors (Lipinski definition) is 2. The molecule has 0 spiro atoms. The van der Waals surface area contributed by atoms with Crippen LogP contribution in [0.15, 0.2) is 12.1 Å². The lowest BCUT2D eigenvalue weighted by atomic mass is 9.87. The van der Waals surface area contributed by atoms with E-state index in [1.807, 2.05) is 6.07 Å². The average molecular weight is 248 g/mol. The molecule has 1 aromatic rings. The zero-order valence-corrected chi connectivity index (χ0v) is 11.2. The largest absolute Gasteiger partial charge is 0.368 e. The standard InChI is InChI=1S/C14H24N4/c1-11(9-15)10-16-14-8-7-13(17-18-14)12-5-3-2-4-6-12/h7-8,11-12H,2-6,9-10,15H2,1H3,(H,16,18). The molecule has 3 N–H and O–H groups in total. The molecular formula is C14H24N4. The topological polar surface area (TPSA) is 63.8 Å². The highest BCUT2D eigenvalue weighted by Crippen LogP contribution is 2.31. The Hall–Kier alpha value is -1.16. The highest BCUT2D eigenvalue weighted by atomic mass is 15.2.